The smallest absolute Gasteiger partial charge is 0.341 e. The van der Waals surface area contributed by atoms with Gasteiger partial charge < -0.3 is 14.2 Å². The van der Waals surface area contributed by atoms with Gasteiger partial charge in [0, 0.05) is 0 Å². The Balaban J connectivity index is 2.53. The molecule has 108 valence electrons. The molecule has 0 amide bonds. The number of carbonyl (C=O) groups excluding carboxylic acids is 2. The highest BCUT2D eigenvalue weighted by atomic mass is 16.5. The van der Waals surface area contributed by atoms with Gasteiger partial charge in [-0.05, 0) is 24.3 Å². The maximum absolute atomic E-state index is 11.8. The number of esters is 2. The number of methoxy groups -OCH3 is 2. The number of rotatable bonds is 4. The molecule has 0 aliphatic heterocycles. The first kappa shape index (κ1) is 14.6. The van der Waals surface area contributed by atoms with E-state index >= 15 is 0 Å². The van der Waals surface area contributed by atoms with Gasteiger partial charge in [0.2, 0.25) is 0 Å². The fourth-order valence-corrected chi connectivity index (χ4v) is 1.79. The van der Waals surface area contributed by atoms with Crippen LogP contribution in [0.3, 0.4) is 0 Å². The highest BCUT2D eigenvalue weighted by Gasteiger charge is 2.22. The second-order valence-electron chi connectivity index (χ2n) is 4.08. The molecule has 5 heteroatoms. The Kier molecular flexibility index (Phi) is 4.56. The van der Waals surface area contributed by atoms with Gasteiger partial charge in [-0.3, -0.25) is 0 Å². The van der Waals surface area contributed by atoms with E-state index in [1.807, 2.05) is 6.07 Å². The SMILES string of the molecule is COC(=O)c1cccc(C(=O)OC)c1Oc1ccccc1. The minimum Gasteiger partial charge on any atom is -0.465 e. The van der Waals surface area contributed by atoms with Crippen LogP contribution in [0.25, 0.3) is 0 Å². The first-order chi connectivity index (χ1) is 10.2. The third-order valence-electron chi connectivity index (χ3n) is 2.79. The monoisotopic (exact) mass is 286 g/mol. The zero-order valence-corrected chi connectivity index (χ0v) is 11.7. The number of benzene rings is 2. The third kappa shape index (κ3) is 3.20. The minimum atomic E-state index is -0.591. The Bertz CT molecular complexity index is 615. The molecule has 0 heterocycles. The molecule has 2 aromatic carbocycles. The standard InChI is InChI=1S/C16H14O5/c1-19-15(17)12-9-6-10-13(16(18)20-2)14(12)21-11-7-4-3-5-8-11/h3-10H,1-2H3. The van der Waals surface area contributed by atoms with E-state index < -0.39 is 11.9 Å². The molecule has 0 aromatic heterocycles. The largest absolute Gasteiger partial charge is 0.465 e. The quantitative estimate of drug-likeness (QED) is 0.808. The van der Waals surface area contributed by atoms with E-state index in [4.69, 9.17) is 14.2 Å². The summed E-state index contributed by atoms with van der Waals surface area (Å²) in [6.07, 6.45) is 0. The van der Waals surface area contributed by atoms with Gasteiger partial charge in [0.25, 0.3) is 0 Å². The molecule has 0 spiro atoms. The van der Waals surface area contributed by atoms with Crippen molar-refractivity contribution in [2.75, 3.05) is 14.2 Å². The molecular formula is C16H14O5. The predicted molar refractivity (Wildman–Crippen MR) is 75.6 cm³/mol. The van der Waals surface area contributed by atoms with Crippen LogP contribution in [0.2, 0.25) is 0 Å². The summed E-state index contributed by atoms with van der Waals surface area (Å²) in [6, 6.07) is 13.5. The van der Waals surface area contributed by atoms with Crippen LogP contribution in [0.1, 0.15) is 20.7 Å². The molecule has 5 nitrogen and oxygen atoms in total. The molecule has 2 rings (SSSR count). The fraction of sp³-hybridized carbons (Fsp3) is 0.125. The lowest BCUT2D eigenvalue weighted by molar-refractivity contribution is 0.0593. The van der Waals surface area contributed by atoms with E-state index in [0.717, 1.165) is 0 Å². The molecule has 0 unspecified atom stereocenters. The molecule has 0 N–H and O–H groups in total. The van der Waals surface area contributed by atoms with Crippen LogP contribution in [-0.4, -0.2) is 26.2 Å². The third-order valence-corrected chi connectivity index (χ3v) is 2.79. The summed E-state index contributed by atoms with van der Waals surface area (Å²) < 4.78 is 15.1. The zero-order chi connectivity index (χ0) is 15.2. The molecule has 0 bridgehead atoms. The van der Waals surface area contributed by atoms with Crippen LogP contribution in [0.5, 0.6) is 11.5 Å². The maximum Gasteiger partial charge on any atom is 0.341 e. The van der Waals surface area contributed by atoms with E-state index in [1.54, 1.807) is 30.3 Å². The number of hydrogen-bond acceptors (Lipinski definition) is 5. The van der Waals surface area contributed by atoms with Crippen LogP contribution in [0, 0.1) is 0 Å². The number of para-hydroxylation sites is 2. The van der Waals surface area contributed by atoms with Crippen LogP contribution in [-0.2, 0) is 9.47 Å². The zero-order valence-electron chi connectivity index (χ0n) is 11.7. The van der Waals surface area contributed by atoms with Crippen molar-refractivity contribution >= 4 is 11.9 Å². The first-order valence-electron chi connectivity index (χ1n) is 6.20. The second kappa shape index (κ2) is 6.56. The maximum atomic E-state index is 11.8. The summed E-state index contributed by atoms with van der Waals surface area (Å²) >= 11 is 0. The summed E-state index contributed by atoms with van der Waals surface area (Å²) in [5, 5.41) is 0. The molecule has 0 radical (unpaired) electrons. The average molecular weight is 286 g/mol. The van der Waals surface area contributed by atoms with Gasteiger partial charge in [-0.1, -0.05) is 24.3 Å². The van der Waals surface area contributed by atoms with E-state index in [-0.39, 0.29) is 16.9 Å². The second-order valence-corrected chi connectivity index (χ2v) is 4.08. The first-order valence-corrected chi connectivity index (χ1v) is 6.20. The van der Waals surface area contributed by atoms with E-state index in [0.29, 0.717) is 5.75 Å². The van der Waals surface area contributed by atoms with Gasteiger partial charge >= 0.3 is 11.9 Å². The number of hydrogen-bond donors (Lipinski definition) is 0. The van der Waals surface area contributed by atoms with Crippen molar-refractivity contribution in [2.24, 2.45) is 0 Å². The molecule has 0 saturated carbocycles. The Hall–Kier alpha value is -2.82. The van der Waals surface area contributed by atoms with Crippen molar-refractivity contribution in [1.29, 1.82) is 0 Å². The lowest BCUT2D eigenvalue weighted by Gasteiger charge is -2.13. The molecule has 2 aromatic rings. The summed E-state index contributed by atoms with van der Waals surface area (Å²) in [4.78, 5) is 23.7. The van der Waals surface area contributed by atoms with Crippen molar-refractivity contribution < 1.29 is 23.8 Å². The summed E-state index contributed by atoms with van der Waals surface area (Å²) in [7, 11) is 2.53. The van der Waals surface area contributed by atoms with Gasteiger partial charge in [-0.2, -0.15) is 0 Å². The molecule has 0 aliphatic carbocycles. The Morgan fingerprint density at radius 2 is 1.29 bits per heavy atom. The lowest BCUT2D eigenvalue weighted by Crippen LogP contribution is -2.10. The van der Waals surface area contributed by atoms with E-state index in [2.05, 4.69) is 0 Å². The molecule has 0 atom stereocenters. The van der Waals surface area contributed by atoms with Crippen molar-refractivity contribution in [3.63, 3.8) is 0 Å². The van der Waals surface area contributed by atoms with Crippen molar-refractivity contribution in [3.8, 4) is 11.5 Å². The number of carbonyl (C=O) groups is 2. The minimum absolute atomic E-state index is 0.113. The highest BCUT2D eigenvalue weighted by molar-refractivity contribution is 6.00. The summed E-state index contributed by atoms with van der Waals surface area (Å²) in [5.74, 6) is -0.570. The van der Waals surface area contributed by atoms with Crippen molar-refractivity contribution in [3.05, 3.63) is 59.7 Å². The summed E-state index contributed by atoms with van der Waals surface area (Å²) in [5.41, 5.74) is 0.313. The van der Waals surface area contributed by atoms with Gasteiger partial charge in [-0.25, -0.2) is 9.59 Å². The normalized spacial score (nSPS) is 9.81. The van der Waals surface area contributed by atoms with Crippen molar-refractivity contribution in [1.82, 2.24) is 0 Å². The Morgan fingerprint density at radius 3 is 1.76 bits per heavy atom. The topological polar surface area (TPSA) is 61.8 Å². The Morgan fingerprint density at radius 1 is 0.762 bits per heavy atom. The molecule has 0 aliphatic rings. The van der Waals surface area contributed by atoms with Crippen LogP contribution in [0.15, 0.2) is 48.5 Å². The lowest BCUT2D eigenvalue weighted by atomic mass is 10.1. The van der Waals surface area contributed by atoms with Crippen LogP contribution >= 0.6 is 0 Å². The van der Waals surface area contributed by atoms with Gasteiger partial charge in [0.15, 0.2) is 5.75 Å². The van der Waals surface area contributed by atoms with Gasteiger partial charge in [0.05, 0.1) is 14.2 Å². The Labute approximate surface area is 122 Å². The fourth-order valence-electron chi connectivity index (χ4n) is 1.79. The highest BCUT2D eigenvalue weighted by Crippen LogP contribution is 2.30. The van der Waals surface area contributed by atoms with Crippen LogP contribution < -0.4 is 4.74 Å². The predicted octanol–water partition coefficient (Wildman–Crippen LogP) is 3.05. The summed E-state index contributed by atoms with van der Waals surface area (Å²) in [6.45, 7) is 0. The van der Waals surface area contributed by atoms with E-state index in [9.17, 15) is 9.59 Å². The number of ether oxygens (including phenoxy) is 3. The van der Waals surface area contributed by atoms with E-state index in [1.165, 1.54) is 26.4 Å². The van der Waals surface area contributed by atoms with Gasteiger partial charge in [-0.15, -0.1) is 0 Å². The van der Waals surface area contributed by atoms with Crippen molar-refractivity contribution in [2.45, 2.75) is 0 Å². The van der Waals surface area contributed by atoms with Gasteiger partial charge in [0.1, 0.15) is 16.9 Å². The molecule has 21 heavy (non-hydrogen) atoms. The molecule has 0 fully saturated rings. The van der Waals surface area contributed by atoms with Crippen LogP contribution in [0.4, 0.5) is 0 Å². The molecular weight excluding hydrogens is 272 g/mol. The molecule has 0 saturated heterocycles. The average Bonchev–Trinajstić information content (AvgIpc) is 2.54.